The van der Waals surface area contributed by atoms with Crippen LogP contribution < -0.4 is 10.6 Å². The quantitative estimate of drug-likeness (QED) is 0.141. The molecule has 0 unspecified atom stereocenters. The first-order valence-electron chi connectivity index (χ1n) is 20.9. The van der Waals surface area contributed by atoms with Gasteiger partial charge in [-0.1, -0.05) is 122 Å². The van der Waals surface area contributed by atoms with Gasteiger partial charge < -0.3 is 10.6 Å². The van der Waals surface area contributed by atoms with Gasteiger partial charge in [0, 0.05) is 5.02 Å². The molecule has 4 aliphatic carbocycles. The number of rotatable bonds is 11. The Labute approximate surface area is 329 Å². The van der Waals surface area contributed by atoms with Gasteiger partial charge in [0.25, 0.3) is 0 Å². The molecule has 0 heterocycles. The minimum atomic E-state index is -0.275. The van der Waals surface area contributed by atoms with Gasteiger partial charge in [-0.2, -0.15) is 0 Å². The molecule has 5 aromatic rings. The van der Waals surface area contributed by atoms with Gasteiger partial charge in [0.15, 0.2) is 0 Å². The minimum Gasteiger partial charge on any atom is -0.307 e. The van der Waals surface area contributed by atoms with Crippen LogP contribution in [0.1, 0.15) is 134 Å². The predicted molar refractivity (Wildman–Crippen MR) is 227 cm³/mol. The highest BCUT2D eigenvalue weighted by molar-refractivity contribution is 6.30. The zero-order valence-corrected chi connectivity index (χ0v) is 33.5. The van der Waals surface area contributed by atoms with E-state index in [1.54, 1.807) is 5.56 Å². The average molecular weight is 733 g/mol. The number of halogens is 1. The Kier molecular flexibility index (Phi) is 9.40. The molecule has 2 saturated carbocycles. The molecular formula is C51H57ClN2. The minimum absolute atomic E-state index is 0.253. The first kappa shape index (κ1) is 36.0. The molecule has 3 heteroatoms. The molecule has 0 aromatic heterocycles. The van der Waals surface area contributed by atoms with Crippen molar-refractivity contribution in [3.8, 4) is 11.1 Å². The number of hydrogen-bond donors (Lipinski definition) is 2. The third-order valence-electron chi connectivity index (χ3n) is 14.4. The Hall–Kier alpha value is -3.69. The van der Waals surface area contributed by atoms with Crippen molar-refractivity contribution in [1.82, 2.24) is 10.6 Å². The fourth-order valence-electron chi connectivity index (χ4n) is 10.7. The largest absolute Gasteiger partial charge is 0.307 e. The maximum Gasteiger partial charge on any atom is 0.0667 e. The van der Waals surface area contributed by atoms with Crippen molar-refractivity contribution >= 4 is 11.6 Å². The van der Waals surface area contributed by atoms with E-state index in [2.05, 4.69) is 148 Å². The summed E-state index contributed by atoms with van der Waals surface area (Å²) in [7, 11) is 2.14. The molecule has 4 aliphatic rings. The molecule has 0 amide bonds. The Morgan fingerprint density at radius 1 is 0.630 bits per heavy atom. The molecule has 0 spiro atoms. The molecule has 0 saturated heterocycles. The highest BCUT2D eigenvalue weighted by atomic mass is 35.5. The van der Waals surface area contributed by atoms with E-state index in [9.17, 15) is 0 Å². The Balaban J connectivity index is 1.11. The average Bonchev–Trinajstić information content (AvgIpc) is 4.14. The fraction of sp³-hybridized carbons (Fsp3) is 0.412. The van der Waals surface area contributed by atoms with Gasteiger partial charge in [-0.05, 0) is 181 Å². The van der Waals surface area contributed by atoms with Crippen LogP contribution in [0.5, 0.6) is 0 Å². The van der Waals surface area contributed by atoms with Gasteiger partial charge in [0.05, 0.1) is 11.1 Å². The van der Waals surface area contributed by atoms with Crippen molar-refractivity contribution in [2.75, 3.05) is 13.6 Å². The molecule has 278 valence electrons. The van der Waals surface area contributed by atoms with E-state index in [1.165, 1.54) is 107 Å². The first-order chi connectivity index (χ1) is 26.2. The second kappa shape index (κ2) is 14.1. The predicted octanol–water partition coefficient (Wildman–Crippen LogP) is 12.3. The van der Waals surface area contributed by atoms with Crippen LogP contribution in [0.4, 0.5) is 0 Å². The normalized spacial score (nSPS) is 25.1. The maximum absolute atomic E-state index is 6.31. The summed E-state index contributed by atoms with van der Waals surface area (Å²) in [5.74, 6) is 1.93. The molecule has 2 N–H and O–H groups in total. The number of benzene rings is 5. The number of nitrogens with one attached hydrogen (secondary N) is 2. The summed E-state index contributed by atoms with van der Waals surface area (Å²) in [6.07, 6.45) is 12.6. The summed E-state index contributed by atoms with van der Waals surface area (Å²) in [5, 5.41) is 8.66. The topological polar surface area (TPSA) is 24.1 Å². The molecule has 2 nitrogen and oxygen atoms in total. The molecular weight excluding hydrogens is 676 g/mol. The van der Waals surface area contributed by atoms with Crippen LogP contribution in [0.15, 0.2) is 109 Å². The van der Waals surface area contributed by atoms with Gasteiger partial charge in [-0.25, -0.2) is 0 Å². The zero-order chi connectivity index (χ0) is 37.1. The zero-order valence-electron chi connectivity index (χ0n) is 32.8. The Morgan fingerprint density at radius 2 is 1.28 bits per heavy atom. The van der Waals surface area contributed by atoms with Crippen LogP contribution in [0.2, 0.25) is 5.02 Å². The van der Waals surface area contributed by atoms with E-state index in [1.807, 2.05) is 0 Å². The van der Waals surface area contributed by atoms with Crippen LogP contribution in [-0.2, 0) is 29.3 Å². The fourth-order valence-corrected chi connectivity index (χ4v) is 10.9. The lowest BCUT2D eigenvalue weighted by Crippen LogP contribution is -2.41. The Morgan fingerprint density at radius 3 is 2.02 bits per heavy atom. The van der Waals surface area contributed by atoms with Gasteiger partial charge in [0.1, 0.15) is 0 Å². The van der Waals surface area contributed by atoms with E-state index in [4.69, 9.17) is 11.6 Å². The number of fused-ring (bicyclic) bond motifs is 4. The molecule has 4 atom stereocenters. The van der Waals surface area contributed by atoms with Gasteiger partial charge in [-0.15, -0.1) is 0 Å². The summed E-state index contributed by atoms with van der Waals surface area (Å²) in [5.41, 5.74) is 15.6. The van der Waals surface area contributed by atoms with Gasteiger partial charge in [-0.3, -0.25) is 0 Å². The summed E-state index contributed by atoms with van der Waals surface area (Å²) in [6.45, 7) is 8.01. The molecule has 54 heavy (non-hydrogen) atoms. The van der Waals surface area contributed by atoms with Gasteiger partial charge in [0.2, 0.25) is 0 Å². The molecule has 0 aliphatic heterocycles. The van der Waals surface area contributed by atoms with E-state index >= 15 is 0 Å². The summed E-state index contributed by atoms with van der Waals surface area (Å²) >= 11 is 6.31. The van der Waals surface area contributed by atoms with E-state index in [0.29, 0.717) is 17.3 Å². The van der Waals surface area contributed by atoms with E-state index in [0.717, 1.165) is 30.3 Å². The molecule has 0 radical (unpaired) electrons. The third kappa shape index (κ3) is 6.37. The van der Waals surface area contributed by atoms with Gasteiger partial charge >= 0.3 is 0 Å². The van der Waals surface area contributed by atoms with Crippen molar-refractivity contribution in [3.05, 3.63) is 164 Å². The van der Waals surface area contributed by atoms with Crippen LogP contribution >= 0.6 is 11.6 Å². The van der Waals surface area contributed by atoms with Crippen molar-refractivity contribution < 1.29 is 0 Å². The van der Waals surface area contributed by atoms with Crippen LogP contribution in [-0.4, -0.2) is 13.6 Å². The SMILES string of the molecule is CCN[C@]1(C)c2ccccc2C[C@H](CCC2CC2)c2ccc(-c3ccc4c(c3)C[C@H](CCC3(c5ccc(Cl)cc5)CC3)c3ccccc3[C@]4(C)NC)cc21. The maximum atomic E-state index is 6.31. The lowest BCUT2D eigenvalue weighted by molar-refractivity contribution is 0.449. The second-order valence-corrected chi connectivity index (χ2v) is 18.0. The highest BCUT2D eigenvalue weighted by Crippen LogP contribution is 2.54. The Bertz CT molecular complexity index is 2160. The van der Waals surface area contributed by atoms with E-state index in [-0.39, 0.29) is 11.1 Å². The molecule has 5 aromatic carbocycles. The van der Waals surface area contributed by atoms with Crippen molar-refractivity contribution in [2.45, 2.75) is 113 Å². The first-order valence-corrected chi connectivity index (χ1v) is 21.3. The van der Waals surface area contributed by atoms with Crippen molar-refractivity contribution in [2.24, 2.45) is 5.92 Å². The lowest BCUT2D eigenvalue weighted by atomic mass is 9.78. The van der Waals surface area contributed by atoms with Crippen LogP contribution in [0, 0.1) is 5.92 Å². The lowest BCUT2D eigenvalue weighted by Gasteiger charge is -2.34. The highest BCUT2D eigenvalue weighted by Gasteiger charge is 2.45. The monoisotopic (exact) mass is 732 g/mol. The van der Waals surface area contributed by atoms with Crippen molar-refractivity contribution in [3.63, 3.8) is 0 Å². The van der Waals surface area contributed by atoms with Crippen LogP contribution in [0.3, 0.4) is 0 Å². The van der Waals surface area contributed by atoms with Crippen LogP contribution in [0.25, 0.3) is 11.1 Å². The molecule has 2 fully saturated rings. The third-order valence-corrected chi connectivity index (χ3v) is 14.6. The van der Waals surface area contributed by atoms with Crippen molar-refractivity contribution in [1.29, 1.82) is 0 Å². The molecule has 0 bridgehead atoms. The van der Waals surface area contributed by atoms with E-state index < -0.39 is 0 Å². The second-order valence-electron chi connectivity index (χ2n) is 17.6. The smallest absolute Gasteiger partial charge is 0.0667 e. The molecule has 9 rings (SSSR count). The summed E-state index contributed by atoms with van der Waals surface area (Å²) < 4.78 is 0. The number of hydrogen-bond acceptors (Lipinski definition) is 2. The standard InChI is InChI=1S/C51H57ClN2/c1-5-54-50(3)45-12-8-6-10-39(45)31-37(17-16-34-14-15-34)44-24-18-36(33-48(44)50)35-19-25-46-40(30-35)32-38(43-11-7-9-13-47(43)49(46,2)53-4)26-27-51(28-29-51)41-20-22-42(52)23-21-41/h6-13,18-25,30,33-34,37-38,53-54H,5,14-17,26-29,31-32H2,1-4H3/t37-,38-,49+,50+/m0/s1. The summed E-state index contributed by atoms with van der Waals surface area (Å²) in [4.78, 5) is 0. The summed E-state index contributed by atoms with van der Waals surface area (Å²) in [6, 6.07) is 42.1.